The summed E-state index contributed by atoms with van der Waals surface area (Å²) in [5, 5.41) is 4.74. The summed E-state index contributed by atoms with van der Waals surface area (Å²) < 4.78 is 103. The zero-order chi connectivity index (χ0) is 32.5. The number of unbranched alkanes of at least 4 members (excludes halogenated alkanes) is 3. The van der Waals surface area contributed by atoms with Crippen molar-refractivity contribution in [3.8, 4) is 11.3 Å². The number of H-pyrrole nitrogens is 1. The second-order valence-corrected chi connectivity index (χ2v) is 9.04. The van der Waals surface area contributed by atoms with Crippen molar-refractivity contribution < 1.29 is 39.9 Å². The number of alkyl halides is 6. The first-order chi connectivity index (χ1) is 20.0. The summed E-state index contributed by atoms with van der Waals surface area (Å²) in [5.74, 6) is -3.83. The van der Waals surface area contributed by atoms with Gasteiger partial charge in [-0.1, -0.05) is 26.2 Å². The van der Waals surface area contributed by atoms with Crippen molar-refractivity contribution in [1.29, 1.82) is 0 Å². The van der Waals surface area contributed by atoms with Gasteiger partial charge in [0.2, 0.25) is 0 Å². The molecular weight excluding hydrogens is 594 g/mol. The van der Waals surface area contributed by atoms with Crippen LogP contribution in [0.25, 0.3) is 17.3 Å². The van der Waals surface area contributed by atoms with Crippen LogP contribution in [0.1, 0.15) is 59.8 Å². The summed E-state index contributed by atoms with van der Waals surface area (Å²) in [6, 6.07) is 1.13. The average molecular weight is 622 g/mol. The number of anilines is 2. The van der Waals surface area contributed by atoms with Crippen molar-refractivity contribution in [1.82, 2.24) is 25.1 Å². The van der Waals surface area contributed by atoms with E-state index in [2.05, 4.69) is 22.0 Å². The van der Waals surface area contributed by atoms with Crippen LogP contribution in [0, 0.1) is 11.6 Å². The molecule has 0 radical (unpaired) electrons. The number of nitrogens with two attached hydrogens (primary N) is 2. The molecule has 0 saturated heterocycles. The number of aromatic amines is 1. The average Bonchev–Trinajstić information content (AvgIpc) is 2.90. The maximum Gasteiger partial charge on any atom is 0.437 e. The summed E-state index contributed by atoms with van der Waals surface area (Å²) in [6.45, 7) is 2.82. The Kier molecular flexibility index (Phi) is 11.7. The molecule has 0 spiro atoms. The molecule has 3 rings (SSSR count). The Labute approximate surface area is 239 Å². The topological polar surface area (TPSA) is 144 Å². The van der Waals surface area contributed by atoms with Gasteiger partial charge in [0.25, 0.3) is 5.56 Å². The number of aldehydes is 1. The Morgan fingerprint density at radius 1 is 1.00 bits per heavy atom. The van der Waals surface area contributed by atoms with Crippen LogP contribution in [-0.4, -0.2) is 44.9 Å². The molecule has 3 aromatic rings. The number of rotatable bonds is 9. The Bertz CT molecular complexity index is 1500. The third-order valence-electron chi connectivity index (χ3n) is 5.78. The fraction of sp³-hybridized carbons (Fsp3) is 0.346. The molecule has 2 aromatic heterocycles. The molecule has 0 saturated carbocycles. The molecule has 0 bridgehead atoms. The van der Waals surface area contributed by atoms with Gasteiger partial charge in [0, 0.05) is 19.2 Å². The van der Waals surface area contributed by atoms with E-state index >= 15 is 0 Å². The van der Waals surface area contributed by atoms with E-state index < -0.39 is 63.4 Å². The molecule has 234 valence electrons. The number of hydrogen-bond acceptors (Lipinski definition) is 8. The Balaban J connectivity index is 0.000000448. The van der Waals surface area contributed by atoms with Crippen molar-refractivity contribution >= 4 is 23.9 Å². The second-order valence-electron chi connectivity index (χ2n) is 9.04. The molecule has 0 atom stereocenters. The number of nitrogen functional groups attached to an aromatic ring is 2. The van der Waals surface area contributed by atoms with Crippen LogP contribution in [0.4, 0.5) is 46.6 Å². The van der Waals surface area contributed by atoms with Crippen LogP contribution in [0.3, 0.4) is 0 Å². The normalized spacial score (nSPS) is 11.8. The molecule has 0 aliphatic rings. The molecule has 0 unspecified atom stereocenters. The highest BCUT2D eigenvalue weighted by Crippen LogP contribution is 2.34. The van der Waals surface area contributed by atoms with Gasteiger partial charge in [-0.2, -0.15) is 31.4 Å². The molecule has 17 heteroatoms. The molecule has 1 aromatic carbocycles. The minimum Gasteiger partial charge on any atom is -0.397 e. The first-order valence-electron chi connectivity index (χ1n) is 12.5. The number of nitrogens with zero attached hydrogens (tertiary/aromatic N) is 4. The van der Waals surface area contributed by atoms with Gasteiger partial charge in [0.15, 0.2) is 29.4 Å². The van der Waals surface area contributed by atoms with E-state index in [1.807, 2.05) is 4.90 Å². The van der Waals surface area contributed by atoms with Crippen molar-refractivity contribution in [2.45, 2.75) is 45.0 Å². The molecule has 9 nitrogen and oxygen atoms in total. The van der Waals surface area contributed by atoms with E-state index in [4.69, 9.17) is 11.5 Å². The largest absolute Gasteiger partial charge is 0.437 e. The lowest BCUT2D eigenvalue weighted by atomic mass is 10.0. The Hall–Kier alpha value is -4.57. The number of nitrogens with one attached hydrogen (secondary N) is 1. The lowest BCUT2D eigenvalue weighted by molar-refractivity contribution is -0.140. The van der Waals surface area contributed by atoms with E-state index in [1.165, 1.54) is 6.08 Å². The molecule has 2 heterocycles. The van der Waals surface area contributed by atoms with Crippen LogP contribution in [0.15, 0.2) is 29.5 Å². The predicted molar refractivity (Wildman–Crippen MR) is 142 cm³/mol. The van der Waals surface area contributed by atoms with E-state index in [9.17, 15) is 44.7 Å². The van der Waals surface area contributed by atoms with Crippen LogP contribution in [0.2, 0.25) is 0 Å². The summed E-state index contributed by atoms with van der Waals surface area (Å²) >= 11 is 0. The van der Waals surface area contributed by atoms with E-state index in [-0.39, 0.29) is 17.5 Å². The zero-order valence-corrected chi connectivity index (χ0v) is 22.8. The Morgan fingerprint density at radius 3 is 2.19 bits per heavy atom. The van der Waals surface area contributed by atoms with Crippen molar-refractivity contribution in [3.63, 3.8) is 0 Å². The summed E-state index contributed by atoms with van der Waals surface area (Å²) in [4.78, 5) is 30.4. The van der Waals surface area contributed by atoms with Crippen LogP contribution >= 0.6 is 0 Å². The summed E-state index contributed by atoms with van der Waals surface area (Å²) in [6.07, 6.45) is -0.759. The molecule has 43 heavy (non-hydrogen) atoms. The third kappa shape index (κ3) is 9.21. The lowest BCUT2D eigenvalue weighted by Crippen LogP contribution is -2.24. The molecule has 0 fully saturated rings. The highest BCUT2D eigenvalue weighted by molar-refractivity contribution is 5.84. The molecule has 0 amide bonds. The monoisotopic (exact) mass is 621 g/mol. The van der Waals surface area contributed by atoms with Gasteiger partial charge < -0.3 is 16.4 Å². The van der Waals surface area contributed by atoms with Gasteiger partial charge in [0.1, 0.15) is 5.56 Å². The standard InChI is InChI=1S/C21H23F5N4O.C5H4F3N3O/c1-3-4-5-6-8-30(2)9-7-13-10-14(17(22)18(23)15(13)12-31)16-11-28-19(20(27)29-16)21(24,25)26;6-5(7,8)3-2(9)1-10-11-4(3)12/h7,9-12H,3-6,8H2,1-2H3,(H2,27,29);1H,(H3,9,11,12)/b9-7-;. The van der Waals surface area contributed by atoms with Gasteiger partial charge in [-0.05, 0) is 30.3 Å². The number of halogens is 8. The van der Waals surface area contributed by atoms with Crippen molar-refractivity contribution in [3.05, 3.63) is 69.0 Å². The first-order valence-corrected chi connectivity index (χ1v) is 12.5. The summed E-state index contributed by atoms with van der Waals surface area (Å²) in [7, 11) is 1.80. The van der Waals surface area contributed by atoms with Gasteiger partial charge in [-0.25, -0.2) is 23.8 Å². The van der Waals surface area contributed by atoms with E-state index in [0.29, 0.717) is 6.20 Å². The van der Waals surface area contributed by atoms with E-state index in [0.717, 1.165) is 44.5 Å². The van der Waals surface area contributed by atoms with Crippen LogP contribution in [-0.2, 0) is 12.4 Å². The van der Waals surface area contributed by atoms with Gasteiger partial charge in [0.05, 0.1) is 29.3 Å². The maximum atomic E-state index is 14.5. The number of carbonyl (C=O) groups is 1. The summed E-state index contributed by atoms with van der Waals surface area (Å²) in [5.41, 5.74) is 4.07. The van der Waals surface area contributed by atoms with Gasteiger partial charge >= 0.3 is 12.4 Å². The fourth-order valence-electron chi connectivity index (χ4n) is 3.63. The highest BCUT2D eigenvalue weighted by atomic mass is 19.4. The highest BCUT2D eigenvalue weighted by Gasteiger charge is 2.37. The Morgan fingerprint density at radius 2 is 1.67 bits per heavy atom. The van der Waals surface area contributed by atoms with Gasteiger partial charge in [-0.15, -0.1) is 0 Å². The lowest BCUT2D eigenvalue weighted by Gasteiger charge is -2.14. The third-order valence-corrected chi connectivity index (χ3v) is 5.78. The predicted octanol–water partition coefficient (Wildman–Crippen LogP) is 5.69. The number of carbonyl (C=O) groups excluding carboxylic acids is 1. The number of benzene rings is 1. The minimum absolute atomic E-state index is 0.0459. The van der Waals surface area contributed by atoms with Crippen LogP contribution < -0.4 is 17.0 Å². The maximum absolute atomic E-state index is 14.5. The quantitative estimate of drug-likeness (QED) is 0.157. The number of aromatic nitrogens is 4. The molecule has 0 aliphatic carbocycles. The molecule has 5 N–H and O–H groups in total. The first kappa shape index (κ1) is 34.6. The van der Waals surface area contributed by atoms with Crippen LogP contribution in [0.5, 0.6) is 0 Å². The smallest absolute Gasteiger partial charge is 0.397 e. The minimum atomic E-state index is -4.84. The molecule has 0 aliphatic heterocycles. The number of hydrogen-bond donors (Lipinski definition) is 3. The van der Waals surface area contributed by atoms with Crippen molar-refractivity contribution in [2.75, 3.05) is 25.1 Å². The molecular formula is C26H27F8N7O2. The van der Waals surface area contributed by atoms with Crippen molar-refractivity contribution in [2.24, 2.45) is 0 Å². The van der Waals surface area contributed by atoms with E-state index in [1.54, 1.807) is 18.3 Å². The SMILES string of the molecule is CCCCCCN(C)/C=C\c1cc(-c2cnc(C(F)(F)F)c(N)n2)c(F)c(F)c1C=O.Nc1cn[nH]c(=O)c1C(F)(F)F. The second kappa shape index (κ2) is 14.6. The van der Waals surface area contributed by atoms with Gasteiger partial charge in [-0.3, -0.25) is 9.59 Å². The fourth-order valence-corrected chi connectivity index (χ4v) is 3.63. The zero-order valence-electron chi connectivity index (χ0n) is 22.8.